The fourth-order valence-corrected chi connectivity index (χ4v) is 3.32. The fourth-order valence-electron chi connectivity index (χ4n) is 3.07. The molecule has 2 rings (SSSR count). The molecule has 1 aromatic carbocycles. The second-order valence-electron chi connectivity index (χ2n) is 5.67. The lowest BCUT2D eigenvalue weighted by Gasteiger charge is -2.36. The van der Waals surface area contributed by atoms with E-state index in [1.165, 1.54) is 37.8 Å². The first-order valence-electron chi connectivity index (χ1n) is 7.37. The van der Waals surface area contributed by atoms with E-state index in [2.05, 4.69) is 31.0 Å². The minimum Gasteiger partial charge on any atom is -0.372 e. The Labute approximate surface area is 121 Å². The van der Waals surface area contributed by atoms with Gasteiger partial charge in [0.15, 0.2) is 0 Å². The van der Waals surface area contributed by atoms with E-state index in [0.717, 1.165) is 16.5 Å². The summed E-state index contributed by atoms with van der Waals surface area (Å²) in [5.74, 6) is 0.938. The van der Waals surface area contributed by atoms with E-state index in [4.69, 9.17) is 17.3 Å². The van der Waals surface area contributed by atoms with Crippen LogP contribution in [-0.4, -0.2) is 13.1 Å². The summed E-state index contributed by atoms with van der Waals surface area (Å²) < 4.78 is 0. The highest BCUT2D eigenvalue weighted by Crippen LogP contribution is 2.32. The molecule has 0 unspecified atom stereocenters. The van der Waals surface area contributed by atoms with Gasteiger partial charge in [0.2, 0.25) is 0 Å². The first-order valence-corrected chi connectivity index (χ1v) is 7.74. The SMILES string of the molecule is CCC1CCC(N(C)c2ccc(CN)c(Cl)c2)CC1. The van der Waals surface area contributed by atoms with Crippen LogP contribution >= 0.6 is 11.6 Å². The Morgan fingerprint density at radius 1 is 1.26 bits per heavy atom. The third-order valence-corrected chi connectivity index (χ3v) is 4.96. The van der Waals surface area contributed by atoms with Gasteiger partial charge in [0, 0.05) is 30.3 Å². The zero-order valence-electron chi connectivity index (χ0n) is 12.0. The summed E-state index contributed by atoms with van der Waals surface area (Å²) in [4.78, 5) is 2.39. The van der Waals surface area contributed by atoms with Crippen LogP contribution in [0.1, 0.15) is 44.6 Å². The Morgan fingerprint density at radius 3 is 2.47 bits per heavy atom. The molecule has 0 heterocycles. The van der Waals surface area contributed by atoms with Gasteiger partial charge in [-0.3, -0.25) is 0 Å². The molecule has 0 radical (unpaired) electrons. The van der Waals surface area contributed by atoms with Gasteiger partial charge in [0.1, 0.15) is 0 Å². The van der Waals surface area contributed by atoms with Crippen LogP contribution < -0.4 is 10.6 Å². The van der Waals surface area contributed by atoms with E-state index in [1.807, 2.05) is 6.07 Å². The number of halogens is 1. The maximum absolute atomic E-state index is 6.25. The number of hydrogen-bond acceptors (Lipinski definition) is 2. The van der Waals surface area contributed by atoms with E-state index >= 15 is 0 Å². The third-order valence-electron chi connectivity index (χ3n) is 4.61. The van der Waals surface area contributed by atoms with Crippen LogP contribution in [0, 0.1) is 5.92 Å². The maximum atomic E-state index is 6.25. The van der Waals surface area contributed by atoms with Crippen molar-refractivity contribution in [2.75, 3.05) is 11.9 Å². The summed E-state index contributed by atoms with van der Waals surface area (Å²) in [6, 6.07) is 6.89. The number of anilines is 1. The van der Waals surface area contributed by atoms with E-state index < -0.39 is 0 Å². The van der Waals surface area contributed by atoms with Crippen LogP contribution in [0.25, 0.3) is 0 Å². The van der Waals surface area contributed by atoms with E-state index in [9.17, 15) is 0 Å². The van der Waals surface area contributed by atoms with Crippen molar-refractivity contribution in [2.45, 2.75) is 51.6 Å². The Balaban J connectivity index is 2.03. The molecule has 1 fully saturated rings. The first kappa shape index (κ1) is 14.7. The monoisotopic (exact) mass is 280 g/mol. The van der Waals surface area contributed by atoms with Crippen LogP contribution in [-0.2, 0) is 6.54 Å². The molecule has 19 heavy (non-hydrogen) atoms. The van der Waals surface area contributed by atoms with Gasteiger partial charge < -0.3 is 10.6 Å². The Hall–Kier alpha value is -0.730. The molecule has 0 amide bonds. The van der Waals surface area contributed by atoms with Crippen LogP contribution in [0.3, 0.4) is 0 Å². The highest BCUT2D eigenvalue weighted by molar-refractivity contribution is 6.31. The smallest absolute Gasteiger partial charge is 0.0471 e. The molecular formula is C16H25ClN2. The van der Waals surface area contributed by atoms with Crippen molar-refractivity contribution in [3.05, 3.63) is 28.8 Å². The van der Waals surface area contributed by atoms with Gasteiger partial charge in [0.05, 0.1) is 0 Å². The molecule has 1 aromatic rings. The summed E-state index contributed by atoms with van der Waals surface area (Å²) in [5, 5.41) is 0.786. The van der Waals surface area contributed by atoms with Gasteiger partial charge >= 0.3 is 0 Å². The van der Waals surface area contributed by atoms with Crippen molar-refractivity contribution in [1.29, 1.82) is 0 Å². The number of nitrogens with zero attached hydrogens (tertiary/aromatic N) is 1. The largest absolute Gasteiger partial charge is 0.372 e. The van der Waals surface area contributed by atoms with Gasteiger partial charge in [-0.05, 0) is 49.3 Å². The quantitative estimate of drug-likeness (QED) is 0.895. The average molecular weight is 281 g/mol. The predicted molar refractivity (Wildman–Crippen MR) is 83.8 cm³/mol. The molecule has 0 spiro atoms. The van der Waals surface area contributed by atoms with Crippen molar-refractivity contribution in [3.8, 4) is 0 Å². The number of nitrogens with two attached hydrogens (primary N) is 1. The highest BCUT2D eigenvalue weighted by Gasteiger charge is 2.23. The van der Waals surface area contributed by atoms with Crippen LogP contribution in [0.15, 0.2) is 18.2 Å². The molecule has 3 heteroatoms. The molecule has 0 saturated heterocycles. The minimum absolute atomic E-state index is 0.504. The Bertz CT molecular complexity index is 411. The molecule has 2 nitrogen and oxygen atoms in total. The second kappa shape index (κ2) is 6.62. The van der Waals surface area contributed by atoms with Crippen LogP contribution in [0.5, 0.6) is 0 Å². The molecule has 0 bridgehead atoms. The molecule has 0 aromatic heterocycles. The predicted octanol–water partition coefficient (Wildman–Crippen LogP) is 4.20. The molecule has 1 saturated carbocycles. The van der Waals surface area contributed by atoms with E-state index in [0.29, 0.717) is 12.6 Å². The van der Waals surface area contributed by atoms with Crippen LogP contribution in [0.2, 0.25) is 5.02 Å². The lowest BCUT2D eigenvalue weighted by atomic mass is 9.84. The second-order valence-corrected chi connectivity index (χ2v) is 6.08. The molecule has 0 aliphatic heterocycles. The topological polar surface area (TPSA) is 29.3 Å². The van der Waals surface area contributed by atoms with Crippen molar-refractivity contribution in [3.63, 3.8) is 0 Å². The zero-order valence-corrected chi connectivity index (χ0v) is 12.8. The lowest BCUT2D eigenvalue weighted by Crippen LogP contribution is -2.35. The van der Waals surface area contributed by atoms with Crippen molar-refractivity contribution in [1.82, 2.24) is 0 Å². The van der Waals surface area contributed by atoms with Gasteiger partial charge in [-0.15, -0.1) is 0 Å². The summed E-state index contributed by atoms with van der Waals surface area (Å²) in [6.45, 7) is 2.81. The highest BCUT2D eigenvalue weighted by atomic mass is 35.5. The van der Waals surface area contributed by atoms with Gasteiger partial charge in [0.25, 0.3) is 0 Å². The first-order chi connectivity index (χ1) is 9.15. The van der Waals surface area contributed by atoms with Crippen molar-refractivity contribution < 1.29 is 0 Å². The average Bonchev–Trinajstić information content (AvgIpc) is 2.46. The van der Waals surface area contributed by atoms with E-state index in [-0.39, 0.29) is 0 Å². The molecule has 0 atom stereocenters. The summed E-state index contributed by atoms with van der Waals surface area (Å²) in [5.41, 5.74) is 7.88. The van der Waals surface area contributed by atoms with Crippen molar-refractivity contribution in [2.24, 2.45) is 11.7 Å². The third kappa shape index (κ3) is 3.43. The van der Waals surface area contributed by atoms with Crippen LogP contribution in [0.4, 0.5) is 5.69 Å². The fraction of sp³-hybridized carbons (Fsp3) is 0.625. The Morgan fingerprint density at radius 2 is 1.95 bits per heavy atom. The van der Waals surface area contributed by atoms with Gasteiger partial charge in [-0.2, -0.15) is 0 Å². The maximum Gasteiger partial charge on any atom is 0.0471 e. The summed E-state index contributed by atoms with van der Waals surface area (Å²) in [7, 11) is 2.19. The van der Waals surface area contributed by atoms with Crippen molar-refractivity contribution >= 4 is 17.3 Å². The molecule has 1 aliphatic rings. The zero-order chi connectivity index (χ0) is 13.8. The van der Waals surface area contributed by atoms with Gasteiger partial charge in [-0.1, -0.05) is 31.0 Å². The molecular weight excluding hydrogens is 256 g/mol. The molecule has 106 valence electrons. The normalized spacial score (nSPS) is 23.4. The van der Waals surface area contributed by atoms with Gasteiger partial charge in [-0.25, -0.2) is 0 Å². The molecule has 1 aliphatic carbocycles. The molecule has 2 N–H and O–H groups in total. The number of rotatable bonds is 4. The Kier molecular flexibility index (Phi) is 5.12. The van der Waals surface area contributed by atoms with E-state index in [1.54, 1.807) is 0 Å². The number of hydrogen-bond donors (Lipinski definition) is 1. The lowest BCUT2D eigenvalue weighted by molar-refractivity contribution is 0.313. The standard InChI is InChI=1S/C16H25ClN2/c1-3-12-4-7-14(8-5-12)19(2)15-9-6-13(11-18)16(17)10-15/h6,9-10,12,14H,3-5,7-8,11,18H2,1-2H3. The number of benzene rings is 1. The summed E-state index contributed by atoms with van der Waals surface area (Å²) in [6.07, 6.45) is 6.64. The summed E-state index contributed by atoms with van der Waals surface area (Å²) >= 11 is 6.25. The minimum atomic E-state index is 0.504.